The number of rotatable bonds is 9. The average Bonchev–Trinajstić information content (AvgIpc) is 2.76. The predicted octanol–water partition coefficient (Wildman–Crippen LogP) is 5.62. The number of aliphatic hydroxyl groups excluding tert-OH is 1. The second-order valence-electron chi connectivity index (χ2n) is 7.86. The van der Waals surface area contributed by atoms with Gasteiger partial charge in [0.15, 0.2) is 6.29 Å². The molecule has 0 amide bonds. The zero-order valence-electron chi connectivity index (χ0n) is 18.2. The molecule has 0 spiro atoms. The normalized spacial score (nSPS) is 13.9. The number of hydrogen-bond donors (Lipinski definition) is 4. The molecule has 0 radical (unpaired) electrons. The highest BCUT2D eigenvalue weighted by molar-refractivity contribution is 5.68. The van der Waals surface area contributed by atoms with E-state index < -0.39 is 23.8 Å². The van der Waals surface area contributed by atoms with Gasteiger partial charge in [0.05, 0.1) is 24.9 Å². The monoisotopic (exact) mass is 489 g/mol. The summed E-state index contributed by atoms with van der Waals surface area (Å²) in [5.41, 5.74) is 7.63. The van der Waals surface area contributed by atoms with Crippen molar-refractivity contribution in [1.82, 2.24) is 0 Å². The Morgan fingerprint density at radius 1 is 1.00 bits per heavy atom. The van der Waals surface area contributed by atoms with Crippen LogP contribution in [0.2, 0.25) is 0 Å². The lowest BCUT2D eigenvalue weighted by molar-refractivity contribution is -0.138. The largest absolute Gasteiger partial charge is 0.457 e. The van der Waals surface area contributed by atoms with Crippen LogP contribution in [0.15, 0.2) is 65.8 Å². The molecule has 1 aliphatic rings. The standard InChI is InChI=1S/C24H22F3N3O5/c25-24(26,27)19-10-17(5-7-22(19)35-16-3-1-2-14(8-16)9-23(31)32)34-18-4-6-20(30-28)21(11-18)29-15-12-33-13-15/h1-8,10-11,15,23,28-29,31-32H,9,12-13H2. The van der Waals surface area contributed by atoms with Gasteiger partial charge in [-0.25, -0.2) is 5.53 Å². The summed E-state index contributed by atoms with van der Waals surface area (Å²) in [4.78, 5) is 0. The summed E-state index contributed by atoms with van der Waals surface area (Å²) in [5.74, 6) is -0.109. The highest BCUT2D eigenvalue weighted by Crippen LogP contribution is 2.41. The van der Waals surface area contributed by atoms with Gasteiger partial charge in [-0.3, -0.25) is 0 Å². The van der Waals surface area contributed by atoms with Crippen molar-refractivity contribution in [3.8, 4) is 23.0 Å². The Morgan fingerprint density at radius 2 is 1.71 bits per heavy atom. The van der Waals surface area contributed by atoms with E-state index in [1.165, 1.54) is 30.3 Å². The Labute approximate surface area is 198 Å². The van der Waals surface area contributed by atoms with Crippen LogP contribution in [0.25, 0.3) is 0 Å². The van der Waals surface area contributed by atoms with E-state index in [1.54, 1.807) is 18.2 Å². The second-order valence-corrected chi connectivity index (χ2v) is 7.86. The summed E-state index contributed by atoms with van der Waals surface area (Å²) in [6, 6.07) is 14.1. The first-order chi connectivity index (χ1) is 16.7. The van der Waals surface area contributed by atoms with E-state index in [4.69, 9.17) is 30.0 Å². The molecule has 0 unspecified atom stereocenters. The number of aliphatic hydroxyl groups is 2. The van der Waals surface area contributed by atoms with E-state index in [0.717, 1.165) is 12.1 Å². The molecule has 8 nitrogen and oxygen atoms in total. The first kappa shape index (κ1) is 24.5. The Bertz CT molecular complexity index is 1200. The van der Waals surface area contributed by atoms with Crippen LogP contribution in [0.5, 0.6) is 23.0 Å². The first-order valence-corrected chi connectivity index (χ1v) is 10.6. The van der Waals surface area contributed by atoms with Crippen LogP contribution in [0.4, 0.5) is 24.5 Å². The minimum Gasteiger partial charge on any atom is -0.457 e. The quantitative estimate of drug-likeness (QED) is 0.229. The van der Waals surface area contributed by atoms with Gasteiger partial charge in [0, 0.05) is 12.5 Å². The zero-order valence-corrected chi connectivity index (χ0v) is 18.2. The van der Waals surface area contributed by atoms with Crippen molar-refractivity contribution in [2.45, 2.75) is 24.9 Å². The third-order valence-corrected chi connectivity index (χ3v) is 5.12. The fourth-order valence-corrected chi connectivity index (χ4v) is 3.42. The maximum atomic E-state index is 13.8. The third kappa shape index (κ3) is 6.27. The molecule has 0 atom stereocenters. The number of anilines is 1. The zero-order chi connectivity index (χ0) is 25.0. The fraction of sp³-hybridized carbons (Fsp3) is 0.250. The molecule has 35 heavy (non-hydrogen) atoms. The van der Waals surface area contributed by atoms with Crippen molar-refractivity contribution in [3.63, 3.8) is 0 Å². The van der Waals surface area contributed by atoms with Crippen LogP contribution in [-0.4, -0.2) is 35.8 Å². The highest BCUT2D eigenvalue weighted by Gasteiger charge is 2.35. The molecule has 0 aromatic heterocycles. The highest BCUT2D eigenvalue weighted by atomic mass is 19.4. The van der Waals surface area contributed by atoms with E-state index in [9.17, 15) is 13.2 Å². The number of benzene rings is 3. The molecule has 11 heteroatoms. The maximum absolute atomic E-state index is 13.8. The average molecular weight is 489 g/mol. The molecular weight excluding hydrogens is 467 g/mol. The van der Waals surface area contributed by atoms with Gasteiger partial charge in [0.1, 0.15) is 34.2 Å². The van der Waals surface area contributed by atoms with Crippen LogP contribution in [0, 0.1) is 5.53 Å². The van der Waals surface area contributed by atoms with Crippen LogP contribution >= 0.6 is 0 Å². The summed E-state index contributed by atoms with van der Waals surface area (Å²) in [6.07, 6.45) is -6.40. The Morgan fingerprint density at radius 3 is 2.37 bits per heavy atom. The molecule has 1 aliphatic heterocycles. The number of hydrogen-bond acceptors (Lipinski definition) is 8. The summed E-state index contributed by atoms with van der Waals surface area (Å²) < 4.78 is 57.7. The molecule has 0 aliphatic carbocycles. The number of nitrogens with zero attached hydrogens (tertiary/aromatic N) is 1. The predicted molar refractivity (Wildman–Crippen MR) is 119 cm³/mol. The third-order valence-electron chi connectivity index (χ3n) is 5.12. The van der Waals surface area contributed by atoms with Gasteiger partial charge in [0.25, 0.3) is 0 Å². The second kappa shape index (κ2) is 10.3. The lowest BCUT2D eigenvalue weighted by Crippen LogP contribution is -2.40. The van der Waals surface area contributed by atoms with E-state index in [1.807, 2.05) is 0 Å². The lowest BCUT2D eigenvalue weighted by atomic mass is 10.1. The van der Waals surface area contributed by atoms with Crippen molar-refractivity contribution >= 4 is 11.4 Å². The number of halogens is 3. The van der Waals surface area contributed by atoms with Crippen molar-refractivity contribution in [2.75, 3.05) is 18.5 Å². The lowest BCUT2D eigenvalue weighted by Gasteiger charge is -2.28. The van der Waals surface area contributed by atoms with Crippen molar-refractivity contribution in [2.24, 2.45) is 5.11 Å². The summed E-state index contributed by atoms with van der Waals surface area (Å²) in [6.45, 7) is 1.00. The molecule has 0 saturated carbocycles. The molecule has 3 aromatic rings. The Hall–Kier alpha value is -3.67. The minimum atomic E-state index is -4.72. The van der Waals surface area contributed by atoms with Gasteiger partial charge in [-0.05, 0) is 48.0 Å². The van der Waals surface area contributed by atoms with Gasteiger partial charge < -0.3 is 29.7 Å². The maximum Gasteiger partial charge on any atom is 0.420 e. The van der Waals surface area contributed by atoms with E-state index in [0.29, 0.717) is 30.2 Å². The van der Waals surface area contributed by atoms with E-state index >= 15 is 0 Å². The van der Waals surface area contributed by atoms with Gasteiger partial charge in [0.2, 0.25) is 0 Å². The molecule has 4 rings (SSSR count). The number of alkyl halides is 3. The molecule has 0 bridgehead atoms. The van der Waals surface area contributed by atoms with Crippen molar-refractivity contribution < 1.29 is 37.6 Å². The van der Waals surface area contributed by atoms with Gasteiger partial charge in [-0.2, -0.15) is 18.3 Å². The molecule has 4 N–H and O–H groups in total. The molecule has 184 valence electrons. The Balaban J connectivity index is 1.58. The van der Waals surface area contributed by atoms with Crippen LogP contribution in [0.1, 0.15) is 11.1 Å². The summed E-state index contributed by atoms with van der Waals surface area (Å²) >= 11 is 0. The van der Waals surface area contributed by atoms with Gasteiger partial charge in [-0.1, -0.05) is 12.1 Å². The topological polar surface area (TPSA) is 116 Å². The van der Waals surface area contributed by atoms with Crippen LogP contribution < -0.4 is 14.8 Å². The molecule has 1 fully saturated rings. The van der Waals surface area contributed by atoms with E-state index in [-0.39, 0.29) is 29.7 Å². The molecule has 1 heterocycles. The molecular formula is C24H22F3N3O5. The summed E-state index contributed by atoms with van der Waals surface area (Å²) in [7, 11) is 0. The van der Waals surface area contributed by atoms with Crippen LogP contribution in [-0.2, 0) is 17.3 Å². The fourth-order valence-electron chi connectivity index (χ4n) is 3.42. The smallest absolute Gasteiger partial charge is 0.420 e. The number of ether oxygens (including phenoxy) is 3. The number of nitrogens with one attached hydrogen (secondary N) is 2. The van der Waals surface area contributed by atoms with Gasteiger partial charge >= 0.3 is 6.18 Å². The molecule has 1 saturated heterocycles. The van der Waals surface area contributed by atoms with Crippen LogP contribution in [0.3, 0.4) is 0 Å². The SMILES string of the molecule is N=Nc1ccc(Oc2ccc(Oc3cccc(CC(O)O)c3)c(C(F)(F)F)c2)cc1NC1COC1. The summed E-state index contributed by atoms with van der Waals surface area (Å²) in [5, 5.41) is 24.9. The Kier molecular flexibility index (Phi) is 7.20. The van der Waals surface area contributed by atoms with Gasteiger partial charge in [-0.15, -0.1) is 0 Å². The first-order valence-electron chi connectivity index (χ1n) is 10.6. The van der Waals surface area contributed by atoms with Crippen molar-refractivity contribution in [1.29, 1.82) is 5.53 Å². The molecule has 3 aromatic carbocycles. The minimum absolute atomic E-state index is 0.0539. The van der Waals surface area contributed by atoms with Crippen molar-refractivity contribution in [3.05, 3.63) is 71.8 Å². The van der Waals surface area contributed by atoms with E-state index in [2.05, 4.69) is 10.4 Å².